The van der Waals surface area contributed by atoms with Gasteiger partial charge in [-0.3, -0.25) is 9.59 Å². The normalized spacial score (nSPS) is 29.6. The Morgan fingerprint density at radius 1 is 1.32 bits per heavy atom. The van der Waals surface area contributed by atoms with Gasteiger partial charge in [-0.2, -0.15) is 0 Å². The Labute approximate surface area is 146 Å². The first-order valence-corrected chi connectivity index (χ1v) is 7.83. The number of nitrogens with two attached hydrogens (primary N) is 1. The van der Waals surface area contributed by atoms with E-state index in [4.69, 9.17) is 17.3 Å². The van der Waals surface area contributed by atoms with Crippen LogP contribution in [0.4, 0.5) is 18.9 Å². The van der Waals surface area contributed by atoms with E-state index < -0.39 is 47.3 Å². The lowest BCUT2D eigenvalue weighted by Crippen LogP contribution is -2.53. The smallest absolute Gasteiger partial charge is 0.314 e. The fraction of sp³-hybridized carbons (Fsp3) is 0.500. The molecular formula is C16H17ClF3NO4. The lowest BCUT2D eigenvalue weighted by molar-refractivity contribution is -0.167. The summed E-state index contributed by atoms with van der Waals surface area (Å²) in [6.45, 7) is 1.07. The number of carbonyl (C=O) groups is 2. The second-order valence-corrected chi connectivity index (χ2v) is 7.03. The van der Waals surface area contributed by atoms with Crippen LogP contribution in [0.25, 0.3) is 0 Å². The maximum absolute atomic E-state index is 14.4. The van der Waals surface area contributed by atoms with Gasteiger partial charge in [0.15, 0.2) is 0 Å². The molecule has 4 N–H and O–H groups in total. The zero-order valence-electron chi connectivity index (χ0n) is 13.2. The monoisotopic (exact) mass is 379 g/mol. The number of hydrogen-bond donors (Lipinski definition) is 3. The standard InChI is InChI=1S/C16H17ClF3NO4/c1-15(13(22)23)6-16(14(24)25,3-2-7(15)12(19)20)8-4-11(21)9(17)5-10(8)18/h4-5,7,12H,2-3,6,21H2,1H3,(H,22,23)(H,24,25). The summed E-state index contributed by atoms with van der Waals surface area (Å²) in [5, 5.41) is 19.1. The fourth-order valence-corrected chi connectivity index (χ4v) is 3.82. The van der Waals surface area contributed by atoms with Crippen molar-refractivity contribution in [3.8, 4) is 0 Å². The van der Waals surface area contributed by atoms with Crippen molar-refractivity contribution in [3.05, 3.63) is 28.5 Å². The molecule has 0 saturated heterocycles. The topological polar surface area (TPSA) is 101 Å². The molecule has 5 nitrogen and oxygen atoms in total. The molecule has 25 heavy (non-hydrogen) atoms. The summed E-state index contributed by atoms with van der Waals surface area (Å²) in [5.74, 6) is -5.55. The van der Waals surface area contributed by atoms with Gasteiger partial charge in [-0.15, -0.1) is 0 Å². The number of benzene rings is 1. The first-order chi connectivity index (χ1) is 11.5. The fourth-order valence-electron chi connectivity index (χ4n) is 3.67. The molecule has 0 aromatic heterocycles. The molecule has 0 heterocycles. The number of rotatable bonds is 4. The molecular weight excluding hydrogens is 363 g/mol. The molecule has 0 bridgehead atoms. The second kappa shape index (κ2) is 6.40. The van der Waals surface area contributed by atoms with Gasteiger partial charge in [0.1, 0.15) is 5.82 Å². The Bertz CT molecular complexity index is 730. The molecule has 1 aromatic rings. The van der Waals surface area contributed by atoms with Crippen molar-refractivity contribution in [3.63, 3.8) is 0 Å². The molecule has 0 radical (unpaired) electrons. The molecule has 0 spiro atoms. The van der Waals surface area contributed by atoms with Crippen molar-refractivity contribution in [2.24, 2.45) is 11.3 Å². The van der Waals surface area contributed by atoms with E-state index in [1.54, 1.807) is 0 Å². The summed E-state index contributed by atoms with van der Waals surface area (Å²) in [5.41, 5.74) is 1.19. The maximum atomic E-state index is 14.4. The van der Waals surface area contributed by atoms with Crippen LogP contribution in [-0.2, 0) is 15.0 Å². The van der Waals surface area contributed by atoms with E-state index in [-0.39, 0.29) is 29.1 Å². The molecule has 138 valence electrons. The third-order valence-electron chi connectivity index (χ3n) is 5.17. The Balaban J connectivity index is 2.65. The highest BCUT2D eigenvalue weighted by molar-refractivity contribution is 6.33. The van der Waals surface area contributed by atoms with Gasteiger partial charge in [0, 0.05) is 11.5 Å². The van der Waals surface area contributed by atoms with Crippen LogP contribution in [0.3, 0.4) is 0 Å². The molecule has 3 atom stereocenters. The van der Waals surface area contributed by atoms with Crippen LogP contribution in [0, 0.1) is 17.2 Å². The van der Waals surface area contributed by atoms with Crippen LogP contribution in [0.15, 0.2) is 12.1 Å². The number of halogens is 4. The summed E-state index contributed by atoms with van der Waals surface area (Å²) in [4.78, 5) is 23.7. The Kier molecular flexibility index (Phi) is 4.96. The lowest BCUT2D eigenvalue weighted by atomic mass is 9.55. The molecule has 2 rings (SSSR count). The lowest BCUT2D eigenvalue weighted by Gasteiger charge is -2.46. The molecule has 1 aromatic carbocycles. The van der Waals surface area contributed by atoms with Gasteiger partial charge in [0.05, 0.1) is 21.5 Å². The van der Waals surface area contributed by atoms with Crippen molar-refractivity contribution < 1.29 is 33.0 Å². The van der Waals surface area contributed by atoms with Gasteiger partial charge in [0.25, 0.3) is 0 Å². The number of carboxylic acids is 2. The zero-order valence-corrected chi connectivity index (χ0v) is 14.0. The van der Waals surface area contributed by atoms with Crippen LogP contribution >= 0.6 is 11.6 Å². The third-order valence-corrected chi connectivity index (χ3v) is 5.50. The van der Waals surface area contributed by atoms with Crippen LogP contribution in [0.2, 0.25) is 5.02 Å². The highest BCUT2D eigenvalue weighted by Crippen LogP contribution is 2.54. The summed E-state index contributed by atoms with van der Waals surface area (Å²) in [6.07, 6.45) is -4.34. The Morgan fingerprint density at radius 3 is 2.40 bits per heavy atom. The predicted octanol–water partition coefficient (Wildman–Crippen LogP) is 3.54. The molecule has 1 fully saturated rings. The number of carboxylic acid groups (broad SMARTS) is 2. The first-order valence-electron chi connectivity index (χ1n) is 7.45. The van der Waals surface area contributed by atoms with Gasteiger partial charge in [0.2, 0.25) is 6.43 Å². The van der Waals surface area contributed by atoms with Crippen molar-refractivity contribution in [1.29, 1.82) is 0 Å². The van der Waals surface area contributed by atoms with Crippen molar-refractivity contribution in [1.82, 2.24) is 0 Å². The average Bonchev–Trinajstić information content (AvgIpc) is 2.49. The minimum absolute atomic E-state index is 0.0771. The number of aliphatic carboxylic acids is 2. The SMILES string of the molecule is CC1(C(=O)O)CC(C(=O)O)(c2cc(N)c(Cl)cc2F)CCC1C(F)F. The summed E-state index contributed by atoms with van der Waals surface area (Å²) in [7, 11) is 0. The highest BCUT2D eigenvalue weighted by atomic mass is 35.5. The molecule has 0 aliphatic heterocycles. The Hall–Kier alpha value is -1.96. The quantitative estimate of drug-likeness (QED) is 0.695. The largest absolute Gasteiger partial charge is 0.481 e. The van der Waals surface area contributed by atoms with Gasteiger partial charge >= 0.3 is 11.9 Å². The molecule has 3 unspecified atom stereocenters. The predicted molar refractivity (Wildman–Crippen MR) is 84.2 cm³/mol. The summed E-state index contributed by atoms with van der Waals surface area (Å²) in [6, 6.07) is 1.88. The molecule has 1 saturated carbocycles. The van der Waals surface area contributed by atoms with Crippen LogP contribution in [0.1, 0.15) is 31.7 Å². The van der Waals surface area contributed by atoms with Crippen molar-refractivity contribution >= 4 is 29.2 Å². The van der Waals surface area contributed by atoms with E-state index in [1.807, 2.05) is 0 Å². The van der Waals surface area contributed by atoms with Crippen LogP contribution in [0.5, 0.6) is 0 Å². The third kappa shape index (κ3) is 3.03. The Morgan fingerprint density at radius 2 is 1.92 bits per heavy atom. The number of nitrogen functional groups attached to an aromatic ring is 1. The van der Waals surface area contributed by atoms with E-state index in [0.717, 1.165) is 19.1 Å². The molecule has 1 aliphatic rings. The maximum Gasteiger partial charge on any atom is 0.314 e. The number of anilines is 1. The minimum Gasteiger partial charge on any atom is -0.481 e. The van der Waals surface area contributed by atoms with Gasteiger partial charge in [-0.1, -0.05) is 11.6 Å². The van der Waals surface area contributed by atoms with Crippen LogP contribution < -0.4 is 5.73 Å². The summed E-state index contributed by atoms with van der Waals surface area (Å²) >= 11 is 5.72. The zero-order chi connectivity index (χ0) is 19.2. The van der Waals surface area contributed by atoms with Crippen molar-refractivity contribution in [2.45, 2.75) is 38.0 Å². The van der Waals surface area contributed by atoms with E-state index in [0.29, 0.717) is 0 Å². The summed E-state index contributed by atoms with van der Waals surface area (Å²) < 4.78 is 41.0. The molecule has 0 amide bonds. The van der Waals surface area contributed by atoms with Crippen LogP contribution in [-0.4, -0.2) is 28.6 Å². The molecule has 9 heteroatoms. The highest BCUT2D eigenvalue weighted by Gasteiger charge is 2.59. The number of hydrogen-bond acceptors (Lipinski definition) is 3. The van der Waals surface area contributed by atoms with E-state index in [9.17, 15) is 33.0 Å². The van der Waals surface area contributed by atoms with Gasteiger partial charge in [-0.05, 0) is 38.3 Å². The second-order valence-electron chi connectivity index (χ2n) is 6.62. The number of alkyl halides is 2. The van der Waals surface area contributed by atoms with E-state index in [1.165, 1.54) is 0 Å². The van der Waals surface area contributed by atoms with E-state index >= 15 is 0 Å². The van der Waals surface area contributed by atoms with Gasteiger partial charge in [-0.25, -0.2) is 13.2 Å². The van der Waals surface area contributed by atoms with E-state index in [2.05, 4.69) is 0 Å². The average molecular weight is 380 g/mol. The van der Waals surface area contributed by atoms with Gasteiger partial charge < -0.3 is 15.9 Å². The molecule has 1 aliphatic carbocycles. The minimum atomic E-state index is -2.94. The van der Waals surface area contributed by atoms with Crippen molar-refractivity contribution in [2.75, 3.05) is 5.73 Å². The first kappa shape index (κ1) is 19.4.